The molecule has 92 valence electrons. The van der Waals surface area contributed by atoms with Crippen molar-refractivity contribution in [2.75, 3.05) is 7.11 Å². The zero-order valence-corrected chi connectivity index (χ0v) is 10.7. The second-order valence-electron chi connectivity index (χ2n) is 4.67. The van der Waals surface area contributed by atoms with Crippen LogP contribution in [0.4, 0.5) is 0 Å². The minimum absolute atomic E-state index is 0.289. The molecule has 3 nitrogen and oxygen atoms in total. The molecule has 0 radical (unpaired) electrons. The average Bonchev–Trinajstić information content (AvgIpc) is 2.97. The predicted molar refractivity (Wildman–Crippen MR) is 64.7 cm³/mol. The Morgan fingerprint density at radius 1 is 1.35 bits per heavy atom. The van der Waals surface area contributed by atoms with Crippen LogP contribution in [-0.4, -0.2) is 18.7 Å². The molecule has 2 unspecified atom stereocenters. The van der Waals surface area contributed by atoms with Crippen molar-refractivity contribution in [1.29, 1.82) is 0 Å². The van der Waals surface area contributed by atoms with Crippen LogP contribution < -0.4 is 0 Å². The van der Waals surface area contributed by atoms with Crippen LogP contribution in [0.3, 0.4) is 0 Å². The van der Waals surface area contributed by atoms with E-state index < -0.39 is 11.2 Å². The second kappa shape index (κ2) is 3.84. The summed E-state index contributed by atoms with van der Waals surface area (Å²) in [7, 11) is 1.40. The van der Waals surface area contributed by atoms with Gasteiger partial charge in [-0.1, -0.05) is 36.8 Å². The lowest BCUT2D eigenvalue weighted by atomic mass is 9.85. The van der Waals surface area contributed by atoms with Gasteiger partial charge in [-0.25, -0.2) is 4.79 Å². The van der Waals surface area contributed by atoms with Gasteiger partial charge in [0.15, 0.2) is 5.60 Å². The lowest BCUT2D eigenvalue weighted by molar-refractivity contribution is -0.147. The number of epoxide rings is 1. The number of hydrogen-bond acceptors (Lipinski definition) is 3. The Morgan fingerprint density at radius 2 is 1.94 bits per heavy atom. The fourth-order valence-electron chi connectivity index (χ4n) is 2.44. The Labute approximate surface area is 102 Å². The summed E-state index contributed by atoms with van der Waals surface area (Å²) in [6.07, 6.45) is 0.615. The number of methoxy groups -OCH3 is 1. The molecule has 1 fully saturated rings. The van der Waals surface area contributed by atoms with Crippen molar-refractivity contribution in [3.63, 3.8) is 0 Å². The molecule has 1 aromatic rings. The standard InChI is InChI=1S/C14H18O3/c1-5-14(12(15)16-4)13(3,17-14)11-8-6-10(2)7-9-11/h6-9H,5H2,1-4H3. The van der Waals surface area contributed by atoms with Crippen LogP contribution in [0.5, 0.6) is 0 Å². The van der Waals surface area contributed by atoms with Gasteiger partial charge in [-0.3, -0.25) is 0 Å². The van der Waals surface area contributed by atoms with Crippen molar-refractivity contribution in [1.82, 2.24) is 0 Å². The summed E-state index contributed by atoms with van der Waals surface area (Å²) in [5, 5.41) is 0. The average molecular weight is 234 g/mol. The van der Waals surface area contributed by atoms with Gasteiger partial charge in [0, 0.05) is 0 Å². The number of hydrogen-bond donors (Lipinski definition) is 0. The van der Waals surface area contributed by atoms with Crippen LogP contribution in [0.2, 0.25) is 0 Å². The van der Waals surface area contributed by atoms with Crippen molar-refractivity contribution in [3.8, 4) is 0 Å². The number of rotatable bonds is 3. The zero-order valence-electron chi connectivity index (χ0n) is 10.7. The molecule has 0 aromatic heterocycles. The summed E-state index contributed by atoms with van der Waals surface area (Å²) >= 11 is 0. The fourth-order valence-corrected chi connectivity index (χ4v) is 2.44. The van der Waals surface area contributed by atoms with Gasteiger partial charge < -0.3 is 9.47 Å². The van der Waals surface area contributed by atoms with Crippen LogP contribution in [0.1, 0.15) is 31.4 Å². The van der Waals surface area contributed by atoms with Crippen LogP contribution in [0.15, 0.2) is 24.3 Å². The smallest absolute Gasteiger partial charge is 0.341 e. The minimum atomic E-state index is -0.809. The molecule has 3 heteroatoms. The maximum Gasteiger partial charge on any atom is 0.341 e. The second-order valence-corrected chi connectivity index (χ2v) is 4.67. The summed E-state index contributed by atoms with van der Waals surface area (Å²) in [6.45, 7) is 5.92. The number of ether oxygens (including phenoxy) is 2. The Kier molecular flexibility index (Phi) is 2.74. The Morgan fingerprint density at radius 3 is 2.41 bits per heavy atom. The molecule has 2 rings (SSSR count). The van der Waals surface area contributed by atoms with Gasteiger partial charge in [0.05, 0.1) is 7.11 Å². The third kappa shape index (κ3) is 1.57. The molecule has 0 saturated carbocycles. The molecule has 1 aromatic carbocycles. The van der Waals surface area contributed by atoms with Crippen LogP contribution in [-0.2, 0) is 19.9 Å². The van der Waals surface area contributed by atoms with Crippen molar-refractivity contribution in [2.45, 2.75) is 38.4 Å². The first kappa shape index (κ1) is 12.1. The molecule has 0 bridgehead atoms. The van der Waals surface area contributed by atoms with Gasteiger partial charge >= 0.3 is 5.97 Å². The molecule has 2 atom stereocenters. The Balaban J connectivity index is 2.34. The quantitative estimate of drug-likeness (QED) is 0.596. The highest BCUT2D eigenvalue weighted by molar-refractivity contribution is 5.85. The molecule has 0 amide bonds. The first-order valence-corrected chi connectivity index (χ1v) is 5.86. The van der Waals surface area contributed by atoms with E-state index in [0.29, 0.717) is 6.42 Å². The molecule has 17 heavy (non-hydrogen) atoms. The van der Waals surface area contributed by atoms with Crippen molar-refractivity contribution < 1.29 is 14.3 Å². The molecule has 0 spiro atoms. The Bertz CT molecular complexity index is 437. The van der Waals surface area contributed by atoms with E-state index in [9.17, 15) is 4.79 Å². The monoisotopic (exact) mass is 234 g/mol. The van der Waals surface area contributed by atoms with Gasteiger partial charge in [0.25, 0.3) is 0 Å². The summed E-state index contributed by atoms with van der Waals surface area (Å²) in [4.78, 5) is 11.8. The number of benzene rings is 1. The number of carbonyl (C=O) groups excluding carboxylic acids is 1. The number of esters is 1. The predicted octanol–water partition coefficient (Wildman–Crippen LogP) is 2.56. The third-order valence-electron chi connectivity index (χ3n) is 3.72. The van der Waals surface area contributed by atoms with Gasteiger partial charge in [-0.2, -0.15) is 0 Å². The van der Waals surface area contributed by atoms with E-state index in [2.05, 4.69) is 0 Å². The topological polar surface area (TPSA) is 38.8 Å². The van der Waals surface area contributed by atoms with E-state index in [-0.39, 0.29) is 5.97 Å². The molecular weight excluding hydrogens is 216 g/mol. The lowest BCUT2D eigenvalue weighted by Crippen LogP contribution is -2.32. The summed E-state index contributed by atoms with van der Waals surface area (Å²) in [6, 6.07) is 8.07. The molecule has 1 aliphatic rings. The van der Waals surface area contributed by atoms with Crippen LogP contribution in [0.25, 0.3) is 0 Å². The van der Waals surface area contributed by atoms with Crippen molar-refractivity contribution >= 4 is 5.97 Å². The summed E-state index contributed by atoms with van der Waals surface area (Å²) in [5.74, 6) is -0.289. The Hall–Kier alpha value is -1.35. The van der Waals surface area contributed by atoms with Gasteiger partial charge in [0.2, 0.25) is 0 Å². The maximum atomic E-state index is 11.8. The molecule has 1 aliphatic heterocycles. The zero-order chi connectivity index (χ0) is 12.7. The van der Waals surface area contributed by atoms with Gasteiger partial charge in [0.1, 0.15) is 5.60 Å². The van der Waals surface area contributed by atoms with E-state index in [1.54, 1.807) is 0 Å². The highest BCUT2D eigenvalue weighted by atomic mass is 16.7. The van der Waals surface area contributed by atoms with E-state index in [1.807, 2.05) is 45.0 Å². The first-order chi connectivity index (χ1) is 8.00. The van der Waals surface area contributed by atoms with Gasteiger partial charge in [-0.15, -0.1) is 0 Å². The molecular formula is C14H18O3. The van der Waals surface area contributed by atoms with E-state index >= 15 is 0 Å². The van der Waals surface area contributed by atoms with Crippen LogP contribution >= 0.6 is 0 Å². The van der Waals surface area contributed by atoms with E-state index in [1.165, 1.54) is 12.7 Å². The minimum Gasteiger partial charge on any atom is -0.467 e. The summed E-state index contributed by atoms with van der Waals surface area (Å²) < 4.78 is 10.6. The molecule has 1 heterocycles. The number of aryl methyl sites for hydroxylation is 1. The molecule has 0 aliphatic carbocycles. The summed E-state index contributed by atoms with van der Waals surface area (Å²) in [5.41, 5.74) is 0.855. The fraction of sp³-hybridized carbons (Fsp3) is 0.500. The SMILES string of the molecule is CCC1(C(=O)OC)OC1(C)c1ccc(C)cc1. The largest absolute Gasteiger partial charge is 0.467 e. The maximum absolute atomic E-state index is 11.8. The van der Waals surface area contributed by atoms with E-state index in [4.69, 9.17) is 9.47 Å². The highest BCUT2D eigenvalue weighted by Crippen LogP contribution is 2.58. The number of carbonyl (C=O) groups is 1. The third-order valence-corrected chi connectivity index (χ3v) is 3.72. The highest BCUT2D eigenvalue weighted by Gasteiger charge is 2.72. The van der Waals surface area contributed by atoms with Crippen molar-refractivity contribution in [3.05, 3.63) is 35.4 Å². The molecule has 1 saturated heterocycles. The van der Waals surface area contributed by atoms with Gasteiger partial charge in [-0.05, 0) is 25.8 Å². The molecule has 0 N–H and O–H groups in total. The van der Waals surface area contributed by atoms with E-state index in [0.717, 1.165) is 5.56 Å². The van der Waals surface area contributed by atoms with Crippen molar-refractivity contribution in [2.24, 2.45) is 0 Å². The lowest BCUT2D eigenvalue weighted by Gasteiger charge is -2.13. The van der Waals surface area contributed by atoms with Crippen LogP contribution in [0, 0.1) is 6.92 Å². The normalized spacial score (nSPS) is 31.1. The first-order valence-electron chi connectivity index (χ1n) is 5.86.